The molecule has 0 fully saturated rings. The summed E-state index contributed by atoms with van der Waals surface area (Å²) in [6.45, 7) is 1.99. The van der Waals surface area contributed by atoms with E-state index in [1.165, 1.54) is 0 Å². The molecule has 0 aliphatic carbocycles. The van der Waals surface area contributed by atoms with Gasteiger partial charge in [0.15, 0.2) is 11.6 Å². The molecular formula is C15H14AlF3N5O. The van der Waals surface area contributed by atoms with Crippen molar-refractivity contribution < 1.29 is 17.0 Å². The second kappa shape index (κ2) is 6.90. The van der Waals surface area contributed by atoms with E-state index in [2.05, 4.69) is 15.2 Å². The third kappa shape index (κ3) is 3.55. The van der Waals surface area contributed by atoms with E-state index in [0.717, 1.165) is 39.5 Å². The van der Waals surface area contributed by atoms with Crippen molar-refractivity contribution in [1.29, 1.82) is 0 Å². The molecule has 1 radical (unpaired) electrons. The van der Waals surface area contributed by atoms with Gasteiger partial charge in [0.2, 0.25) is 0 Å². The highest BCUT2D eigenvalue weighted by atomic mass is 27.1. The molecule has 2 aromatic heterocycles. The highest BCUT2D eigenvalue weighted by Gasteiger charge is 2.35. The van der Waals surface area contributed by atoms with Crippen molar-refractivity contribution in [3.8, 4) is 17.5 Å². The van der Waals surface area contributed by atoms with Gasteiger partial charge in [-0.1, -0.05) is 25.1 Å². The highest BCUT2D eigenvalue weighted by Crippen LogP contribution is 2.31. The number of aryl methyl sites for hydroxylation is 1. The van der Waals surface area contributed by atoms with Crippen molar-refractivity contribution in [2.24, 2.45) is 0 Å². The summed E-state index contributed by atoms with van der Waals surface area (Å²) in [6.07, 6.45) is -3.13. The Morgan fingerprint density at radius 1 is 1.12 bits per heavy atom. The number of benzene rings is 1. The summed E-state index contributed by atoms with van der Waals surface area (Å²) in [4.78, 5) is 4.36. The molecular weight excluding hydrogens is 350 g/mol. The Hall–Kier alpha value is -2.31. The van der Waals surface area contributed by atoms with E-state index in [9.17, 15) is 13.2 Å². The first-order valence-corrected chi connectivity index (χ1v) is 8.12. The van der Waals surface area contributed by atoms with Crippen LogP contribution in [0.3, 0.4) is 0 Å². The van der Waals surface area contributed by atoms with Gasteiger partial charge in [-0.2, -0.15) is 27.9 Å². The van der Waals surface area contributed by atoms with Gasteiger partial charge in [0.25, 0.3) is 5.95 Å². The van der Waals surface area contributed by atoms with Crippen LogP contribution in [0.4, 0.5) is 13.2 Å². The van der Waals surface area contributed by atoms with Crippen LogP contribution in [0.1, 0.15) is 24.9 Å². The van der Waals surface area contributed by atoms with Crippen molar-refractivity contribution in [3.05, 3.63) is 47.9 Å². The zero-order valence-corrected chi connectivity index (χ0v) is 14.8. The predicted octanol–water partition coefficient (Wildman–Crippen LogP) is 2.62. The number of para-hydroxylation sites is 1. The van der Waals surface area contributed by atoms with E-state index in [4.69, 9.17) is 3.79 Å². The van der Waals surface area contributed by atoms with Crippen molar-refractivity contribution in [2.75, 3.05) is 0 Å². The van der Waals surface area contributed by atoms with Crippen LogP contribution in [0.5, 0.6) is 5.88 Å². The van der Waals surface area contributed by atoms with E-state index in [1.807, 2.05) is 37.3 Å². The molecule has 3 aromatic rings. The highest BCUT2D eigenvalue weighted by molar-refractivity contribution is 5.99. The number of hydrogen-bond acceptors (Lipinski definition) is 4. The molecule has 1 aromatic carbocycles. The molecule has 0 saturated carbocycles. The minimum Gasteiger partial charge on any atom is -0.636 e. The van der Waals surface area contributed by atoms with Gasteiger partial charge in [0.1, 0.15) is 5.82 Å². The van der Waals surface area contributed by atoms with Gasteiger partial charge in [-0.05, 0) is 18.6 Å². The molecule has 0 aliphatic heterocycles. The molecule has 0 aliphatic rings. The number of alkyl halides is 3. The lowest BCUT2D eigenvalue weighted by molar-refractivity contribution is -0.141. The van der Waals surface area contributed by atoms with E-state index in [1.54, 1.807) is 4.68 Å². The summed E-state index contributed by atoms with van der Waals surface area (Å²) in [6, 6.07) is 10.1. The van der Waals surface area contributed by atoms with Crippen LogP contribution >= 0.6 is 0 Å². The lowest BCUT2D eigenvalue weighted by atomic mass is 10.3. The Kier molecular flexibility index (Phi) is 4.83. The Bertz CT molecular complexity index is 860. The maximum absolute atomic E-state index is 12.9. The van der Waals surface area contributed by atoms with E-state index >= 15 is 0 Å². The molecule has 0 N–H and O–H groups in total. The molecule has 6 nitrogen and oxygen atoms in total. The fourth-order valence-corrected chi connectivity index (χ4v) is 2.54. The lowest BCUT2D eigenvalue weighted by Crippen LogP contribution is -2.08. The number of aromatic nitrogens is 5. The van der Waals surface area contributed by atoms with Crippen LogP contribution in [-0.4, -0.2) is 41.2 Å². The van der Waals surface area contributed by atoms with Gasteiger partial charge in [-0.15, -0.1) is 5.10 Å². The molecule has 129 valence electrons. The average Bonchev–Trinajstić information content (AvgIpc) is 3.19. The zero-order chi connectivity index (χ0) is 18.0. The number of rotatable bonds is 5. The molecule has 2 heterocycles. The number of hydrogen-bond donors (Lipinski definition) is 0. The van der Waals surface area contributed by atoms with Crippen LogP contribution < -0.4 is 3.79 Å². The van der Waals surface area contributed by atoms with Gasteiger partial charge in [-0.3, -0.25) is 0 Å². The van der Waals surface area contributed by atoms with Crippen LogP contribution in [0.25, 0.3) is 11.6 Å². The quantitative estimate of drug-likeness (QED) is 0.653. The topological polar surface area (TPSA) is 57.8 Å². The van der Waals surface area contributed by atoms with Crippen molar-refractivity contribution in [1.82, 2.24) is 24.5 Å². The molecule has 25 heavy (non-hydrogen) atoms. The molecule has 3 rings (SSSR count). The van der Waals surface area contributed by atoms with Crippen molar-refractivity contribution >= 4 is 16.6 Å². The van der Waals surface area contributed by atoms with Gasteiger partial charge >= 0.3 is 22.8 Å². The summed E-state index contributed by atoms with van der Waals surface area (Å²) >= 11 is 1.06. The van der Waals surface area contributed by atoms with Gasteiger partial charge in [0, 0.05) is 12.5 Å². The third-order valence-electron chi connectivity index (χ3n) is 3.44. The molecule has 10 heteroatoms. The van der Waals surface area contributed by atoms with Crippen LogP contribution in [-0.2, 0) is 12.6 Å². The smallest absolute Gasteiger partial charge is 0.495 e. The molecule has 0 bridgehead atoms. The summed E-state index contributed by atoms with van der Waals surface area (Å²) in [5.41, 5.74) is -0.281. The summed E-state index contributed by atoms with van der Waals surface area (Å²) in [7, 11) is 0. The van der Waals surface area contributed by atoms with Crippen LogP contribution in [0.2, 0.25) is 0 Å². The molecule has 0 spiro atoms. The first-order chi connectivity index (χ1) is 11.9. The molecule has 0 amide bonds. The predicted molar refractivity (Wildman–Crippen MR) is 85.3 cm³/mol. The summed E-state index contributed by atoms with van der Waals surface area (Å²) in [5.74, 6) is 0.598. The Balaban J connectivity index is 2.11. The summed E-state index contributed by atoms with van der Waals surface area (Å²) in [5, 5.41) is 7.90. The van der Waals surface area contributed by atoms with Crippen LogP contribution in [0, 0.1) is 0 Å². The average molecular weight is 364 g/mol. The normalized spacial score (nSPS) is 11.7. The number of halogens is 3. The largest absolute Gasteiger partial charge is 0.636 e. The Labute approximate surface area is 150 Å². The minimum atomic E-state index is -4.57. The van der Waals surface area contributed by atoms with Crippen LogP contribution in [0.15, 0.2) is 36.4 Å². The second-order valence-electron chi connectivity index (χ2n) is 5.25. The standard InChI is InChI=1S/C15H14F3N5O.Al.H/c1-2-6-12-19-14(21-22(12)10-7-4-3-5-8-10)23-13(24)9-11(20-23)15(16,17)18;;/h3-5,7-9,24H,2,6H2,1H3;;/q;+1;/p-1. The molecule has 0 saturated heterocycles. The summed E-state index contributed by atoms with van der Waals surface area (Å²) < 4.78 is 46.4. The van der Waals surface area contributed by atoms with E-state index in [0.29, 0.717) is 12.2 Å². The van der Waals surface area contributed by atoms with Crippen molar-refractivity contribution in [2.45, 2.75) is 25.9 Å². The second-order valence-corrected chi connectivity index (χ2v) is 5.54. The fourth-order valence-electron chi connectivity index (χ4n) is 2.33. The van der Waals surface area contributed by atoms with Crippen molar-refractivity contribution in [3.63, 3.8) is 0 Å². The fraction of sp³-hybridized carbons (Fsp3) is 0.267. The SMILES string of the molecule is CCCc1nc(-n2nc(C(F)(F)F)cc2[O][AlH])nn1-c1ccccc1. The maximum Gasteiger partial charge on any atom is 0.495 e. The number of nitrogens with zero attached hydrogens (tertiary/aromatic N) is 5. The van der Waals surface area contributed by atoms with Gasteiger partial charge < -0.3 is 3.79 Å². The lowest BCUT2D eigenvalue weighted by Gasteiger charge is -2.04. The Morgan fingerprint density at radius 3 is 2.44 bits per heavy atom. The molecule has 0 atom stereocenters. The minimum absolute atomic E-state index is 0.0319. The Morgan fingerprint density at radius 2 is 1.84 bits per heavy atom. The first-order valence-electron chi connectivity index (χ1n) is 7.55. The van der Waals surface area contributed by atoms with Gasteiger partial charge in [0.05, 0.1) is 5.69 Å². The van der Waals surface area contributed by atoms with E-state index < -0.39 is 11.9 Å². The molecule has 0 unspecified atom stereocenters. The monoisotopic (exact) mass is 364 g/mol. The maximum atomic E-state index is 12.9. The zero-order valence-electron chi connectivity index (χ0n) is 13.4. The first kappa shape index (κ1) is 17.5. The third-order valence-corrected chi connectivity index (χ3v) is 3.74. The van der Waals surface area contributed by atoms with Gasteiger partial charge in [-0.25, -0.2) is 4.68 Å². The van der Waals surface area contributed by atoms with E-state index in [-0.39, 0.29) is 11.8 Å².